The Labute approximate surface area is 103 Å². The lowest BCUT2D eigenvalue weighted by atomic mass is 10.2. The van der Waals surface area contributed by atoms with E-state index in [9.17, 15) is 4.79 Å². The molecule has 90 valence electrons. The molecule has 0 saturated carbocycles. The molecule has 0 saturated heterocycles. The number of hydrogen-bond acceptors (Lipinski definition) is 4. The molecule has 0 aliphatic rings. The van der Waals surface area contributed by atoms with Gasteiger partial charge in [0.1, 0.15) is 16.3 Å². The third kappa shape index (κ3) is 3.64. The average Bonchev–Trinajstić information content (AvgIpc) is 2.71. The fourth-order valence-electron chi connectivity index (χ4n) is 1.28. The molecule has 16 heavy (non-hydrogen) atoms. The standard InChI is InChI=1S/C11H16BrNO3/c1-7-4-5-10(16-7)8(2)13-6-9(12)11(14)15-3/h4-5,8-9,13H,6H2,1-3H3. The van der Waals surface area contributed by atoms with Crippen LogP contribution in [-0.4, -0.2) is 24.5 Å². The number of nitrogens with one attached hydrogen (secondary N) is 1. The van der Waals surface area contributed by atoms with Crippen LogP contribution in [0.5, 0.6) is 0 Å². The molecule has 2 atom stereocenters. The topological polar surface area (TPSA) is 51.5 Å². The normalized spacial score (nSPS) is 14.5. The van der Waals surface area contributed by atoms with Gasteiger partial charge in [0.2, 0.25) is 0 Å². The van der Waals surface area contributed by atoms with E-state index in [1.54, 1.807) is 0 Å². The smallest absolute Gasteiger partial charge is 0.320 e. The SMILES string of the molecule is COC(=O)C(Br)CNC(C)c1ccc(C)o1. The Bertz CT molecular complexity index is 351. The molecule has 1 N–H and O–H groups in total. The first-order valence-corrected chi connectivity index (χ1v) is 5.97. The first kappa shape index (κ1) is 13.3. The number of halogens is 1. The third-order valence-electron chi connectivity index (χ3n) is 2.25. The number of carbonyl (C=O) groups excluding carboxylic acids is 1. The summed E-state index contributed by atoms with van der Waals surface area (Å²) in [5, 5.41) is 3.19. The molecule has 0 radical (unpaired) electrons. The number of esters is 1. The highest BCUT2D eigenvalue weighted by Crippen LogP contribution is 2.15. The number of ether oxygens (including phenoxy) is 1. The van der Waals surface area contributed by atoms with Gasteiger partial charge in [-0.3, -0.25) is 4.79 Å². The zero-order chi connectivity index (χ0) is 12.1. The fourth-order valence-corrected chi connectivity index (χ4v) is 1.65. The number of hydrogen-bond donors (Lipinski definition) is 1. The Morgan fingerprint density at radius 3 is 2.81 bits per heavy atom. The molecule has 1 aromatic heterocycles. The van der Waals surface area contributed by atoms with Gasteiger partial charge in [0, 0.05) is 6.54 Å². The van der Waals surface area contributed by atoms with Crippen molar-refractivity contribution >= 4 is 21.9 Å². The molecular weight excluding hydrogens is 274 g/mol. The summed E-state index contributed by atoms with van der Waals surface area (Å²) in [5.41, 5.74) is 0. The second kappa shape index (κ2) is 6.06. The highest BCUT2D eigenvalue weighted by molar-refractivity contribution is 9.10. The fraction of sp³-hybridized carbons (Fsp3) is 0.545. The van der Waals surface area contributed by atoms with E-state index in [1.165, 1.54) is 7.11 Å². The molecule has 1 rings (SSSR count). The van der Waals surface area contributed by atoms with E-state index in [0.29, 0.717) is 6.54 Å². The van der Waals surface area contributed by atoms with Crippen LogP contribution in [0.1, 0.15) is 24.5 Å². The van der Waals surface area contributed by atoms with Gasteiger partial charge in [0.15, 0.2) is 0 Å². The summed E-state index contributed by atoms with van der Waals surface area (Å²) in [6, 6.07) is 3.91. The van der Waals surface area contributed by atoms with Crippen molar-refractivity contribution in [1.29, 1.82) is 0 Å². The van der Waals surface area contributed by atoms with E-state index >= 15 is 0 Å². The highest BCUT2D eigenvalue weighted by atomic mass is 79.9. The van der Waals surface area contributed by atoms with E-state index in [0.717, 1.165) is 11.5 Å². The van der Waals surface area contributed by atoms with Crippen molar-refractivity contribution in [2.24, 2.45) is 0 Å². The summed E-state index contributed by atoms with van der Waals surface area (Å²) in [4.78, 5) is 10.8. The molecule has 1 heterocycles. The Kier molecular flexibility index (Phi) is 5.02. The van der Waals surface area contributed by atoms with Crippen LogP contribution >= 0.6 is 15.9 Å². The molecule has 5 heteroatoms. The van der Waals surface area contributed by atoms with Crippen LogP contribution in [0.3, 0.4) is 0 Å². The molecule has 4 nitrogen and oxygen atoms in total. The van der Waals surface area contributed by atoms with E-state index in [-0.39, 0.29) is 16.8 Å². The molecular formula is C11H16BrNO3. The first-order chi connectivity index (χ1) is 7.54. The summed E-state index contributed by atoms with van der Waals surface area (Å²) in [5.74, 6) is 1.46. The number of methoxy groups -OCH3 is 1. The van der Waals surface area contributed by atoms with Crippen molar-refractivity contribution in [3.8, 4) is 0 Å². The van der Waals surface area contributed by atoms with Crippen LogP contribution in [0.2, 0.25) is 0 Å². The molecule has 0 spiro atoms. The summed E-state index contributed by atoms with van der Waals surface area (Å²) in [6.45, 7) is 4.38. The van der Waals surface area contributed by atoms with E-state index in [2.05, 4.69) is 26.0 Å². The van der Waals surface area contributed by atoms with E-state index < -0.39 is 0 Å². The van der Waals surface area contributed by atoms with Crippen LogP contribution in [0.25, 0.3) is 0 Å². The van der Waals surface area contributed by atoms with Crippen molar-refractivity contribution < 1.29 is 13.9 Å². The van der Waals surface area contributed by atoms with E-state index in [4.69, 9.17) is 4.42 Å². The van der Waals surface area contributed by atoms with Gasteiger partial charge in [0.25, 0.3) is 0 Å². The largest absolute Gasteiger partial charge is 0.468 e. The lowest BCUT2D eigenvalue weighted by Crippen LogP contribution is -2.31. The van der Waals surface area contributed by atoms with Gasteiger partial charge in [-0.1, -0.05) is 15.9 Å². The number of carbonyl (C=O) groups is 1. The first-order valence-electron chi connectivity index (χ1n) is 5.06. The number of rotatable bonds is 5. The number of alkyl halides is 1. The van der Waals surface area contributed by atoms with Crippen LogP contribution in [0.4, 0.5) is 0 Å². The Morgan fingerprint density at radius 2 is 2.31 bits per heavy atom. The zero-order valence-electron chi connectivity index (χ0n) is 9.62. The Hall–Kier alpha value is -0.810. The van der Waals surface area contributed by atoms with Gasteiger partial charge in [-0.15, -0.1) is 0 Å². The monoisotopic (exact) mass is 289 g/mol. The van der Waals surface area contributed by atoms with Gasteiger partial charge in [-0.25, -0.2) is 0 Å². The van der Waals surface area contributed by atoms with Crippen LogP contribution in [-0.2, 0) is 9.53 Å². The van der Waals surface area contributed by atoms with Crippen molar-refractivity contribution in [1.82, 2.24) is 5.32 Å². The number of furan rings is 1. The van der Waals surface area contributed by atoms with Gasteiger partial charge >= 0.3 is 5.97 Å². The highest BCUT2D eigenvalue weighted by Gasteiger charge is 2.17. The van der Waals surface area contributed by atoms with E-state index in [1.807, 2.05) is 26.0 Å². The number of aryl methyl sites for hydroxylation is 1. The maximum Gasteiger partial charge on any atom is 0.320 e. The predicted octanol–water partition coefficient (Wildman–Crippen LogP) is 2.18. The quantitative estimate of drug-likeness (QED) is 0.667. The predicted molar refractivity (Wildman–Crippen MR) is 64.6 cm³/mol. The summed E-state index contributed by atoms with van der Waals surface area (Å²) >= 11 is 3.24. The van der Waals surface area contributed by atoms with Gasteiger partial charge < -0.3 is 14.5 Å². The van der Waals surface area contributed by atoms with Crippen LogP contribution in [0.15, 0.2) is 16.5 Å². The second-order valence-corrected chi connectivity index (χ2v) is 4.67. The van der Waals surface area contributed by atoms with Gasteiger partial charge in [-0.05, 0) is 26.0 Å². The molecule has 0 aliphatic carbocycles. The van der Waals surface area contributed by atoms with Crippen molar-refractivity contribution in [2.45, 2.75) is 24.7 Å². The average molecular weight is 290 g/mol. The molecule has 1 aromatic rings. The second-order valence-electron chi connectivity index (χ2n) is 3.57. The van der Waals surface area contributed by atoms with Crippen molar-refractivity contribution in [3.63, 3.8) is 0 Å². The van der Waals surface area contributed by atoms with Gasteiger partial charge in [-0.2, -0.15) is 0 Å². The minimum absolute atomic E-state index is 0.0680. The molecule has 0 bridgehead atoms. The molecule has 0 fully saturated rings. The van der Waals surface area contributed by atoms with Crippen LogP contribution in [0, 0.1) is 6.92 Å². The summed E-state index contributed by atoms with van der Waals surface area (Å²) in [7, 11) is 1.37. The minimum atomic E-state index is -0.337. The summed E-state index contributed by atoms with van der Waals surface area (Å²) < 4.78 is 10.1. The maximum absolute atomic E-state index is 11.1. The maximum atomic E-state index is 11.1. The Balaban J connectivity index is 2.41. The van der Waals surface area contributed by atoms with Crippen molar-refractivity contribution in [3.05, 3.63) is 23.7 Å². The minimum Gasteiger partial charge on any atom is -0.468 e. The zero-order valence-corrected chi connectivity index (χ0v) is 11.2. The van der Waals surface area contributed by atoms with Gasteiger partial charge in [0.05, 0.1) is 13.2 Å². The summed E-state index contributed by atoms with van der Waals surface area (Å²) in [6.07, 6.45) is 0. The lowest BCUT2D eigenvalue weighted by molar-refractivity contribution is -0.139. The molecule has 0 aliphatic heterocycles. The van der Waals surface area contributed by atoms with Crippen molar-refractivity contribution in [2.75, 3.05) is 13.7 Å². The van der Waals surface area contributed by atoms with Crippen LogP contribution < -0.4 is 5.32 Å². The lowest BCUT2D eigenvalue weighted by Gasteiger charge is -2.13. The Morgan fingerprint density at radius 1 is 1.62 bits per heavy atom. The molecule has 0 amide bonds. The molecule has 0 aromatic carbocycles. The third-order valence-corrected chi connectivity index (χ3v) is 2.95. The molecule has 2 unspecified atom stereocenters.